The summed E-state index contributed by atoms with van der Waals surface area (Å²) in [6.07, 6.45) is 14.9. The molecule has 0 aromatic heterocycles. The molecule has 0 amide bonds. The number of hydrogen-bond acceptors (Lipinski definition) is 1. The van der Waals surface area contributed by atoms with Gasteiger partial charge >= 0.3 is 0 Å². The minimum atomic E-state index is 0.0931. The average Bonchev–Trinajstić information content (AvgIpc) is 2.09. The summed E-state index contributed by atoms with van der Waals surface area (Å²) < 4.78 is 0. The van der Waals surface area contributed by atoms with E-state index in [4.69, 9.17) is 5.11 Å². The van der Waals surface area contributed by atoms with Gasteiger partial charge in [0.1, 0.15) is 5.76 Å². The van der Waals surface area contributed by atoms with Crippen LogP contribution >= 0.6 is 0 Å². The highest BCUT2D eigenvalue weighted by Crippen LogP contribution is 1.95. The number of allylic oxidation sites excluding steroid dienone is 6. The number of unbranched alkanes of at least 4 members (excludes halogenated alkanes) is 1. The molecule has 0 radical (unpaired) electrons. The Kier molecular flexibility index (Phi) is 8.01. The van der Waals surface area contributed by atoms with E-state index in [0.717, 1.165) is 19.3 Å². The quantitative estimate of drug-likeness (QED) is 0.283. The predicted octanol–water partition coefficient (Wildman–Crippen LogP) is 3.92. The molecule has 0 aliphatic rings. The largest absolute Gasteiger partial charge is 0.509 e. The molecule has 1 nitrogen and oxygen atoms in total. The van der Waals surface area contributed by atoms with Crippen molar-refractivity contribution < 1.29 is 5.11 Å². The summed E-state index contributed by atoms with van der Waals surface area (Å²) in [6.45, 7) is 5.46. The molecule has 0 spiro atoms. The Morgan fingerprint density at radius 1 is 1.15 bits per heavy atom. The molecule has 0 fully saturated rings. The van der Waals surface area contributed by atoms with Gasteiger partial charge in [0.15, 0.2) is 0 Å². The lowest BCUT2D eigenvalue weighted by Gasteiger charge is -1.85. The van der Waals surface area contributed by atoms with E-state index < -0.39 is 0 Å². The third kappa shape index (κ3) is 10.8. The van der Waals surface area contributed by atoms with Crippen LogP contribution in [0.2, 0.25) is 0 Å². The fourth-order valence-corrected chi connectivity index (χ4v) is 0.818. The van der Waals surface area contributed by atoms with Crippen LogP contribution in [0.1, 0.15) is 26.2 Å². The number of aliphatic hydroxyl groups is 1. The van der Waals surface area contributed by atoms with Gasteiger partial charge in [-0.2, -0.15) is 0 Å². The second-order valence-electron chi connectivity index (χ2n) is 2.74. The van der Waals surface area contributed by atoms with Crippen molar-refractivity contribution in [2.75, 3.05) is 0 Å². The smallest absolute Gasteiger partial charge is 0.108 e. The first-order chi connectivity index (χ1) is 6.27. The summed E-state index contributed by atoms with van der Waals surface area (Å²) in [4.78, 5) is 0. The summed E-state index contributed by atoms with van der Waals surface area (Å²) in [5.41, 5.74) is 0. The van der Waals surface area contributed by atoms with Crippen molar-refractivity contribution in [2.45, 2.75) is 26.2 Å². The molecule has 1 N–H and O–H groups in total. The Morgan fingerprint density at radius 3 is 2.46 bits per heavy atom. The van der Waals surface area contributed by atoms with E-state index in [-0.39, 0.29) is 5.76 Å². The van der Waals surface area contributed by atoms with Gasteiger partial charge in [0, 0.05) is 0 Å². The van der Waals surface area contributed by atoms with E-state index >= 15 is 0 Å². The van der Waals surface area contributed by atoms with Crippen LogP contribution in [0, 0.1) is 0 Å². The molecule has 0 saturated heterocycles. The third-order valence-electron chi connectivity index (χ3n) is 1.44. The lowest BCUT2D eigenvalue weighted by Crippen LogP contribution is -1.66. The molecule has 0 aliphatic carbocycles. The molecule has 0 rings (SSSR count). The van der Waals surface area contributed by atoms with Crippen LogP contribution in [-0.2, 0) is 0 Å². The molecular weight excluding hydrogens is 160 g/mol. The zero-order valence-electron chi connectivity index (χ0n) is 8.24. The van der Waals surface area contributed by atoms with Crippen LogP contribution in [0.3, 0.4) is 0 Å². The maximum Gasteiger partial charge on any atom is 0.108 e. The molecule has 13 heavy (non-hydrogen) atoms. The molecule has 0 unspecified atom stereocenters. The summed E-state index contributed by atoms with van der Waals surface area (Å²) in [5.74, 6) is 0.0931. The van der Waals surface area contributed by atoms with Crippen molar-refractivity contribution in [1.82, 2.24) is 0 Å². The zero-order chi connectivity index (χ0) is 9.94. The van der Waals surface area contributed by atoms with Gasteiger partial charge in [0.2, 0.25) is 0 Å². The first-order valence-electron chi connectivity index (χ1n) is 4.63. The lowest BCUT2D eigenvalue weighted by molar-refractivity contribution is 0.435. The molecule has 0 atom stereocenters. The number of rotatable bonds is 6. The summed E-state index contributed by atoms with van der Waals surface area (Å²) in [6, 6.07) is 0. The van der Waals surface area contributed by atoms with Crippen molar-refractivity contribution in [3.05, 3.63) is 48.8 Å². The summed E-state index contributed by atoms with van der Waals surface area (Å²) in [5, 5.41) is 8.70. The SMILES string of the molecule is C=C(O)/C=C/C=C/CC/C=C\CC. The van der Waals surface area contributed by atoms with Crippen LogP contribution < -0.4 is 0 Å². The minimum absolute atomic E-state index is 0.0931. The molecule has 0 heterocycles. The normalized spacial score (nSPS) is 12.1. The van der Waals surface area contributed by atoms with Crippen molar-refractivity contribution in [3.8, 4) is 0 Å². The molecule has 0 bridgehead atoms. The van der Waals surface area contributed by atoms with Crippen molar-refractivity contribution in [3.63, 3.8) is 0 Å². The second-order valence-corrected chi connectivity index (χ2v) is 2.74. The van der Waals surface area contributed by atoms with E-state index in [1.807, 2.05) is 6.08 Å². The first kappa shape index (κ1) is 11.8. The minimum Gasteiger partial charge on any atom is -0.509 e. The standard InChI is InChI=1S/C12H18O/c1-3-4-5-6-7-8-9-10-11-12(2)13/h4-5,8-11,13H,2-3,6-7H2,1H3/b5-4-,9-8+,11-10+. The Hall–Kier alpha value is -1.24. The first-order valence-corrected chi connectivity index (χ1v) is 4.63. The Labute approximate surface area is 80.8 Å². The van der Waals surface area contributed by atoms with Gasteiger partial charge in [0.05, 0.1) is 0 Å². The highest BCUT2D eigenvalue weighted by Gasteiger charge is 1.75. The Bertz CT molecular complexity index is 209. The number of aliphatic hydroxyl groups excluding tert-OH is 1. The zero-order valence-corrected chi connectivity index (χ0v) is 8.24. The van der Waals surface area contributed by atoms with Crippen molar-refractivity contribution >= 4 is 0 Å². The van der Waals surface area contributed by atoms with Gasteiger partial charge in [-0.3, -0.25) is 0 Å². The maximum atomic E-state index is 8.70. The second kappa shape index (κ2) is 8.85. The van der Waals surface area contributed by atoms with Crippen LogP contribution in [0.5, 0.6) is 0 Å². The van der Waals surface area contributed by atoms with Crippen LogP contribution in [0.4, 0.5) is 0 Å². The van der Waals surface area contributed by atoms with Crippen molar-refractivity contribution in [2.24, 2.45) is 0 Å². The van der Waals surface area contributed by atoms with Gasteiger partial charge < -0.3 is 5.11 Å². The van der Waals surface area contributed by atoms with E-state index in [0.29, 0.717) is 0 Å². The topological polar surface area (TPSA) is 20.2 Å². The Balaban J connectivity index is 3.42. The van der Waals surface area contributed by atoms with Crippen LogP contribution in [0.25, 0.3) is 0 Å². The molecule has 0 aliphatic heterocycles. The fourth-order valence-electron chi connectivity index (χ4n) is 0.818. The average molecular weight is 178 g/mol. The maximum absolute atomic E-state index is 8.70. The highest BCUT2D eigenvalue weighted by atomic mass is 16.3. The van der Waals surface area contributed by atoms with Crippen LogP contribution in [0.15, 0.2) is 48.8 Å². The van der Waals surface area contributed by atoms with Gasteiger partial charge in [-0.25, -0.2) is 0 Å². The van der Waals surface area contributed by atoms with Crippen molar-refractivity contribution in [1.29, 1.82) is 0 Å². The van der Waals surface area contributed by atoms with E-state index in [1.165, 1.54) is 0 Å². The van der Waals surface area contributed by atoms with Gasteiger partial charge in [-0.15, -0.1) is 0 Å². The molecule has 0 aromatic rings. The van der Waals surface area contributed by atoms with Gasteiger partial charge in [-0.1, -0.05) is 43.9 Å². The van der Waals surface area contributed by atoms with E-state index in [9.17, 15) is 0 Å². The third-order valence-corrected chi connectivity index (χ3v) is 1.44. The highest BCUT2D eigenvalue weighted by molar-refractivity contribution is 5.13. The fraction of sp³-hybridized carbons (Fsp3) is 0.333. The van der Waals surface area contributed by atoms with Gasteiger partial charge in [0.25, 0.3) is 0 Å². The molecule has 0 aromatic carbocycles. The predicted molar refractivity (Wildman–Crippen MR) is 58.7 cm³/mol. The molecule has 0 saturated carbocycles. The van der Waals surface area contributed by atoms with Crippen LogP contribution in [-0.4, -0.2) is 5.11 Å². The summed E-state index contributed by atoms with van der Waals surface area (Å²) >= 11 is 0. The van der Waals surface area contributed by atoms with E-state index in [2.05, 4.69) is 31.7 Å². The Morgan fingerprint density at radius 2 is 1.85 bits per heavy atom. The number of hydrogen-bond donors (Lipinski definition) is 1. The van der Waals surface area contributed by atoms with E-state index in [1.54, 1.807) is 12.2 Å². The monoisotopic (exact) mass is 178 g/mol. The summed E-state index contributed by atoms with van der Waals surface area (Å²) in [7, 11) is 0. The van der Waals surface area contributed by atoms with Gasteiger partial charge in [-0.05, 0) is 25.3 Å². The molecule has 1 heteroatoms. The molecule has 72 valence electrons. The lowest BCUT2D eigenvalue weighted by atomic mass is 10.2. The molecular formula is C12H18O.